The standard InChI is InChI=1S/C18H21FN6O2/c1-10(2)27-15-5-11(13(20)6-12(15)19)18(21)14-7-16(24-9-23-14)25-4-3-22-17(26)8-25/h5-7,9-10,21H,3-4,8,20H2,1-2H3,(H,22,26). The second kappa shape index (κ2) is 7.56. The van der Waals surface area contributed by atoms with E-state index in [4.69, 9.17) is 15.9 Å². The molecule has 3 rings (SSSR count). The molecule has 0 aliphatic carbocycles. The quantitative estimate of drug-likeness (QED) is 0.539. The highest BCUT2D eigenvalue weighted by atomic mass is 19.1. The van der Waals surface area contributed by atoms with Crippen LogP contribution in [0.4, 0.5) is 15.9 Å². The summed E-state index contributed by atoms with van der Waals surface area (Å²) in [6, 6.07) is 4.16. The average molecular weight is 372 g/mol. The van der Waals surface area contributed by atoms with Crippen molar-refractivity contribution in [3.63, 3.8) is 0 Å². The second-order valence-electron chi connectivity index (χ2n) is 6.44. The molecule has 27 heavy (non-hydrogen) atoms. The molecule has 142 valence electrons. The van der Waals surface area contributed by atoms with E-state index in [0.717, 1.165) is 6.07 Å². The minimum atomic E-state index is -0.583. The summed E-state index contributed by atoms with van der Waals surface area (Å²) in [5.41, 5.74) is 6.68. The highest BCUT2D eigenvalue weighted by Crippen LogP contribution is 2.27. The van der Waals surface area contributed by atoms with Crippen LogP contribution < -0.4 is 20.7 Å². The van der Waals surface area contributed by atoms with Crippen molar-refractivity contribution in [2.24, 2.45) is 0 Å². The van der Waals surface area contributed by atoms with E-state index >= 15 is 0 Å². The Labute approximate surface area is 156 Å². The molecule has 9 heteroatoms. The molecule has 1 amide bonds. The van der Waals surface area contributed by atoms with E-state index in [1.54, 1.807) is 24.8 Å². The van der Waals surface area contributed by atoms with Gasteiger partial charge in [-0.05, 0) is 19.9 Å². The van der Waals surface area contributed by atoms with Gasteiger partial charge in [0.05, 0.1) is 24.1 Å². The number of halogens is 1. The Balaban J connectivity index is 1.92. The fraction of sp³-hybridized carbons (Fsp3) is 0.333. The number of hydrogen-bond donors (Lipinski definition) is 3. The van der Waals surface area contributed by atoms with Gasteiger partial charge in [0.25, 0.3) is 0 Å². The molecule has 0 spiro atoms. The summed E-state index contributed by atoms with van der Waals surface area (Å²) < 4.78 is 19.5. The van der Waals surface area contributed by atoms with Crippen LogP contribution in [0.1, 0.15) is 25.1 Å². The average Bonchev–Trinajstić information content (AvgIpc) is 2.63. The normalized spacial score (nSPS) is 14.2. The number of rotatable bonds is 5. The van der Waals surface area contributed by atoms with E-state index in [1.807, 2.05) is 0 Å². The molecule has 0 saturated carbocycles. The lowest BCUT2D eigenvalue weighted by Crippen LogP contribution is -2.48. The lowest BCUT2D eigenvalue weighted by atomic mass is 10.0. The SMILES string of the molecule is CC(C)Oc1cc(C(=N)c2cc(N3CCNC(=O)C3)ncn2)c(N)cc1F. The van der Waals surface area contributed by atoms with E-state index in [2.05, 4.69) is 15.3 Å². The summed E-state index contributed by atoms with van der Waals surface area (Å²) in [5, 5.41) is 11.2. The third kappa shape index (κ3) is 4.13. The second-order valence-corrected chi connectivity index (χ2v) is 6.44. The first-order chi connectivity index (χ1) is 12.8. The van der Waals surface area contributed by atoms with Crippen molar-refractivity contribution in [2.45, 2.75) is 20.0 Å². The van der Waals surface area contributed by atoms with Crippen molar-refractivity contribution < 1.29 is 13.9 Å². The number of nitrogen functional groups attached to an aromatic ring is 1. The van der Waals surface area contributed by atoms with Crippen LogP contribution in [0.5, 0.6) is 5.75 Å². The predicted molar refractivity (Wildman–Crippen MR) is 99.8 cm³/mol. The van der Waals surface area contributed by atoms with E-state index in [0.29, 0.717) is 30.2 Å². The summed E-state index contributed by atoms with van der Waals surface area (Å²) >= 11 is 0. The van der Waals surface area contributed by atoms with Crippen LogP contribution in [0.2, 0.25) is 0 Å². The zero-order chi connectivity index (χ0) is 19.6. The Morgan fingerprint density at radius 1 is 1.37 bits per heavy atom. The monoisotopic (exact) mass is 372 g/mol. The van der Waals surface area contributed by atoms with E-state index < -0.39 is 5.82 Å². The van der Waals surface area contributed by atoms with Crippen LogP contribution >= 0.6 is 0 Å². The van der Waals surface area contributed by atoms with Crippen LogP contribution in [-0.4, -0.2) is 47.3 Å². The highest BCUT2D eigenvalue weighted by Gasteiger charge is 2.20. The number of aromatic nitrogens is 2. The number of hydrogen-bond acceptors (Lipinski definition) is 7. The van der Waals surface area contributed by atoms with Crippen molar-refractivity contribution in [1.82, 2.24) is 15.3 Å². The maximum Gasteiger partial charge on any atom is 0.239 e. The third-order valence-corrected chi connectivity index (χ3v) is 4.01. The van der Waals surface area contributed by atoms with Crippen LogP contribution in [0.15, 0.2) is 24.5 Å². The van der Waals surface area contributed by atoms with Gasteiger partial charge in [0.15, 0.2) is 11.6 Å². The van der Waals surface area contributed by atoms with Crippen LogP contribution in [0, 0.1) is 11.2 Å². The number of nitrogens with one attached hydrogen (secondary N) is 2. The van der Waals surface area contributed by atoms with Gasteiger partial charge in [0, 0.05) is 36.5 Å². The minimum absolute atomic E-state index is 0.0196. The van der Waals surface area contributed by atoms with Crippen LogP contribution in [-0.2, 0) is 4.79 Å². The summed E-state index contributed by atoms with van der Waals surface area (Å²) in [6.07, 6.45) is 1.11. The van der Waals surface area contributed by atoms with Crippen LogP contribution in [0.3, 0.4) is 0 Å². The van der Waals surface area contributed by atoms with Gasteiger partial charge in [-0.3, -0.25) is 10.2 Å². The zero-order valence-corrected chi connectivity index (χ0v) is 15.1. The van der Waals surface area contributed by atoms with E-state index in [1.165, 1.54) is 12.4 Å². The number of carbonyl (C=O) groups is 1. The Hall–Kier alpha value is -3.23. The summed E-state index contributed by atoms with van der Waals surface area (Å²) in [7, 11) is 0. The number of benzene rings is 1. The smallest absolute Gasteiger partial charge is 0.239 e. The zero-order valence-electron chi connectivity index (χ0n) is 15.1. The van der Waals surface area contributed by atoms with Gasteiger partial charge in [0.2, 0.25) is 5.91 Å². The first kappa shape index (κ1) is 18.6. The third-order valence-electron chi connectivity index (χ3n) is 4.01. The molecule has 1 aromatic heterocycles. The molecule has 4 N–H and O–H groups in total. The molecule has 0 atom stereocenters. The lowest BCUT2D eigenvalue weighted by Gasteiger charge is -2.27. The van der Waals surface area contributed by atoms with E-state index in [9.17, 15) is 9.18 Å². The van der Waals surface area contributed by atoms with Crippen molar-refractivity contribution in [1.29, 1.82) is 5.41 Å². The molecule has 2 heterocycles. The molecule has 1 aromatic carbocycles. The topological polar surface area (TPSA) is 117 Å². The number of nitrogens with zero attached hydrogens (tertiary/aromatic N) is 3. The van der Waals surface area contributed by atoms with Gasteiger partial charge < -0.3 is 20.7 Å². The molecule has 0 radical (unpaired) electrons. The van der Waals surface area contributed by atoms with Gasteiger partial charge in [-0.15, -0.1) is 0 Å². The Kier molecular flexibility index (Phi) is 5.20. The number of piperazine rings is 1. The molecular formula is C18H21FN6O2. The molecule has 0 bridgehead atoms. The Bertz CT molecular complexity index is 886. The van der Waals surface area contributed by atoms with Crippen molar-refractivity contribution in [3.05, 3.63) is 41.6 Å². The minimum Gasteiger partial charge on any atom is -0.488 e. The molecule has 1 saturated heterocycles. The maximum atomic E-state index is 14.1. The van der Waals surface area contributed by atoms with Gasteiger partial charge >= 0.3 is 0 Å². The largest absolute Gasteiger partial charge is 0.488 e. The molecule has 1 fully saturated rings. The van der Waals surface area contributed by atoms with Crippen molar-refractivity contribution in [3.8, 4) is 5.75 Å². The lowest BCUT2D eigenvalue weighted by molar-refractivity contribution is -0.120. The van der Waals surface area contributed by atoms with Crippen molar-refractivity contribution in [2.75, 3.05) is 30.3 Å². The molecule has 1 aliphatic heterocycles. The molecule has 0 unspecified atom stereocenters. The van der Waals surface area contributed by atoms with E-state index in [-0.39, 0.29) is 35.7 Å². The van der Waals surface area contributed by atoms with Gasteiger partial charge in [0.1, 0.15) is 12.1 Å². The number of carbonyl (C=O) groups excluding carboxylic acids is 1. The first-order valence-corrected chi connectivity index (χ1v) is 8.54. The molecule has 8 nitrogen and oxygen atoms in total. The van der Waals surface area contributed by atoms with Gasteiger partial charge in [-0.2, -0.15) is 0 Å². The fourth-order valence-electron chi connectivity index (χ4n) is 2.76. The number of amides is 1. The fourth-order valence-corrected chi connectivity index (χ4v) is 2.76. The summed E-state index contributed by atoms with van der Waals surface area (Å²) in [6.45, 7) is 4.89. The van der Waals surface area contributed by atoms with Gasteiger partial charge in [-0.25, -0.2) is 14.4 Å². The summed E-state index contributed by atoms with van der Waals surface area (Å²) in [5.74, 6) is -0.102. The predicted octanol–water partition coefficient (Wildman–Crippen LogP) is 1.34. The maximum absolute atomic E-state index is 14.1. The Morgan fingerprint density at radius 2 is 2.15 bits per heavy atom. The van der Waals surface area contributed by atoms with Crippen LogP contribution in [0.25, 0.3) is 0 Å². The number of ether oxygens (including phenoxy) is 1. The number of nitrogens with two attached hydrogens (primary N) is 1. The Morgan fingerprint density at radius 3 is 2.85 bits per heavy atom. The molecule has 1 aliphatic rings. The summed E-state index contributed by atoms with van der Waals surface area (Å²) in [4.78, 5) is 21.7. The number of anilines is 2. The molecule has 2 aromatic rings. The van der Waals surface area contributed by atoms with Crippen molar-refractivity contribution >= 4 is 23.1 Å². The molecular weight excluding hydrogens is 351 g/mol. The van der Waals surface area contributed by atoms with Gasteiger partial charge in [-0.1, -0.05) is 0 Å². The highest BCUT2D eigenvalue weighted by molar-refractivity contribution is 6.13. The first-order valence-electron chi connectivity index (χ1n) is 8.54.